The maximum Gasteiger partial charge on any atom is 0.255 e. The molecule has 2 rings (SSSR count). The second-order valence-electron chi connectivity index (χ2n) is 5.67. The number of aliphatic hydroxyl groups excluding tert-OH is 1. The van der Waals surface area contributed by atoms with Crippen molar-refractivity contribution in [2.75, 3.05) is 13.7 Å². The summed E-state index contributed by atoms with van der Waals surface area (Å²) in [6, 6.07) is 14.2. The zero-order chi connectivity index (χ0) is 17.5. The van der Waals surface area contributed by atoms with Crippen LogP contribution >= 0.6 is 0 Å². The molecule has 0 bridgehead atoms. The maximum atomic E-state index is 12.2. The van der Waals surface area contributed by atoms with Crippen LogP contribution in [0.15, 0.2) is 48.5 Å². The van der Waals surface area contributed by atoms with E-state index in [1.54, 1.807) is 36.4 Å². The van der Waals surface area contributed by atoms with E-state index in [2.05, 4.69) is 5.32 Å². The predicted octanol–water partition coefficient (Wildman–Crippen LogP) is 2.95. The van der Waals surface area contributed by atoms with Gasteiger partial charge in [0.1, 0.15) is 11.5 Å². The van der Waals surface area contributed by atoms with E-state index in [1.165, 1.54) is 7.11 Å². The summed E-state index contributed by atoms with van der Waals surface area (Å²) in [6.45, 7) is 3.98. The van der Waals surface area contributed by atoms with Crippen LogP contribution in [0.5, 0.6) is 11.5 Å². The Morgan fingerprint density at radius 1 is 1.17 bits per heavy atom. The molecule has 0 heterocycles. The van der Waals surface area contributed by atoms with Crippen molar-refractivity contribution < 1.29 is 19.4 Å². The van der Waals surface area contributed by atoms with Crippen LogP contribution in [0.25, 0.3) is 0 Å². The van der Waals surface area contributed by atoms with Crippen LogP contribution in [0.4, 0.5) is 0 Å². The number of carbonyl (C=O) groups is 1. The number of nitrogens with one attached hydrogen (secondary N) is 1. The van der Waals surface area contributed by atoms with Gasteiger partial charge in [0.25, 0.3) is 5.91 Å². The minimum absolute atomic E-state index is 0.0580. The molecule has 0 aliphatic heterocycles. The third-order valence-electron chi connectivity index (χ3n) is 3.42. The first kappa shape index (κ1) is 17.8. The normalized spacial score (nSPS) is 11.9. The van der Waals surface area contributed by atoms with Gasteiger partial charge in [0.15, 0.2) is 0 Å². The van der Waals surface area contributed by atoms with Gasteiger partial charge in [-0.2, -0.15) is 0 Å². The van der Waals surface area contributed by atoms with E-state index in [4.69, 9.17) is 9.47 Å². The van der Waals surface area contributed by atoms with Gasteiger partial charge in [-0.15, -0.1) is 0 Å². The largest absolute Gasteiger partial charge is 0.496 e. The average Bonchev–Trinajstić information content (AvgIpc) is 2.59. The maximum absolute atomic E-state index is 12.2. The lowest BCUT2D eigenvalue weighted by Gasteiger charge is -2.15. The van der Waals surface area contributed by atoms with Crippen molar-refractivity contribution in [2.45, 2.75) is 26.1 Å². The highest BCUT2D eigenvalue weighted by Gasteiger charge is 2.14. The van der Waals surface area contributed by atoms with Crippen molar-refractivity contribution in [1.29, 1.82) is 0 Å². The Hall–Kier alpha value is -2.53. The molecule has 2 N–H and O–H groups in total. The summed E-state index contributed by atoms with van der Waals surface area (Å²) >= 11 is 0. The summed E-state index contributed by atoms with van der Waals surface area (Å²) in [5, 5.41) is 13.0. The average molecular weight is 329 g/mol. The molecule has 5 nitrogen and oxygen atoms in total. The Balaban J connectivity index is 2.00. The van der Waals surface area contributed by atoms with Crippen molar-refractivity contribution in [1.82, 2.24) is 5.32 Å². The fourth-order valence-corrected chi connectivity index (χ4v) is 2.30. The molecule has 0 aliphatic carbocycles. The molecule has 0 aliphatic rings. The lowest BCUT2D eigenvalue weighted by molar-refractivity contribution is 0.0913. The monoisotopic (exact) mass is 329 g/mol. The lowest BCUT2D eigenvalue weighted by Crippen LogP contribution is -2.28. The van der Waals surface area contributed by atoms with Gasteiger partial charge in [-0.05, 0) is 43.7 Å². The molecule has 2 aromatic rings. The molecule has 0 saturated heterocycles. The summed E-state index contributed by atoms with van der Waals surface area (Å²) in [5.74, 6) is 0.899. The van der Waals surface area contributed by atoms with Gasteiger partial charge < -0.3 is 19.9 Å². The molecular weight excluding hydrogens is 306 g/mol. The Morgan fingerprint density at radius 3 is 2.62 bits per heavy atom. The third kappa shape index (κ3) is 4.73. The van der Waals surface area contributed by atoms with Crippen molar-refractivity contribution in [3.63, 3.8) is 0 Å². The molecule has 24 heavy (non-hydrogen) atoms. The van der Waals surface area contributed by atoms with Crippen LogP contribution in [0, 0.1) is 0 Å². The van der Waals surface area contributed by atoms with Crippen molar-refractivity contribution in [3.8, 4) is 11.5 Å². The van der Waals surface area contributed by atoms with E-state index in [9.17, 15) is 9.90 Å². The summed E-state index contributed by atoms with van der Waals surface area (Å²) in [4.78, 5) is 12.2. The Morgan fingerprint density at radius 2 is 1.92 bits per heavy atom. The van der Waals surface area contributed by atoms with Gasteiger partial charge in [0.2, 0.25) is 0 Å². The Bertz CT molecular complexity index is 685. The quantitative estimate of drug-likeness (QED) is 0.819. The van der Waals surface area contributed by atoms with Gasteiger partial charge in [-0.25, -0.2) is 0 Å². The van der Waals surface area contributed by atoms with Gasteiger partial charge in [0.05, 0.1) is 24.9 Å². The fourth-order valence-electron chi connectivity index (χ4n) is 2.30. The van der Waals surface area contributed by atoms with E-state index >= 15 is 0 Å². The number of methoxy groups -OCH3 is 1. The second-order valence-corrected chi connectivity index (χ2v) is 5.67. The second kappa shape index (κ2) is 8.36. The number of para-hydroxylation sites is 1. The molecule has 1 unspecified atom stereocenters. The molecule has 0 spiro atoms. The van der Waals surface area contributed by atoms with Crippen LogP contribution in [-0.2, 0) is 0 Å². The standard InChI is InChI=1S/C19H23NO4/c1-13(2)24-15-8-6-7-14(11-15)17(21)12-20-19(22)16-9-4-5-10-18(16)23-3/h4-11,13,17,21H,12H2,1-3H3,(H,20,22). The Labute approximate surface area is 142 Å². The van der Waals surface area contributed by atoms with E-state index in [0.29, 0.717) is 22.6 Å². The van der Waals surface area contributed by atoms with Crippen LogP contribution in [-0.4, -0.2) is 30.8 Å². The van der Waals surface area contributed by atoms with E-state index in [-0.39, 0.29) is 18.6 Å². The van der Waals surface area contributed by atoms with Gasteiger partial charge in [-0.1, -0.05) is 24.3 Å². The summed E-state index contributed by atoms with van der Waals surface area (Å²) in [7, 11) is 1.52. The van der Waals surface area contributed by atoms with E-state index < -0.39 is 6.10 Å². The first-order chi connectivity index (χ1) is 11.5. The number of benzene rings is 2. The van der Waals surface area contributed by atoms with Crippen molar-refractivity contribution in [2.24, 2.45) is 0 Å². The molecular formula is C19H23NO4. The first-order valence-corrected chi connectivity index (χ1v) is 7.87. The number of hydrogen-bond acceptors (Lipinski definition) is 4. The minimum atomic E-state index is -0.820. The predicted molar refractivity (Wildman–Crippen MR) is 92.5 cm³/mol. The molecule has 0 aromatic heterocycles. The van der Waals surface area contributed by atoms with Crippen LogP contribution in [0.3, 0.4) is 0 Å². The fraction of sp³-hybridized carbons (Fsp3) is 0.316. The molecule has 5 heteroatoms. The van der Waals surface area contributed by atoms with Gasteiger partial charge in [0, 0.05) is 6.54 Å². The molecule has 128 valence electrons. The highest BCUT2D eigenvalue weighted by atomic mass is 16.5. The minimum Gasteiger partial charge on any atom is -0.496 e. The number of amides is 1. The number of hydrogen-bond donors (Lipinski definition) is 2. The summed E-state index contributed by atoms with van der Waals surface area (Å²) in [6.07, 6.45) is -0.762. The zero-order valence-electron chi connectivity index (χ0n) is 14.2. The third-order valence-corrected chi connectivity index (χ3v) is 3.42. The molecule has 2 aromatic carbocycles. The lowest BCUT2D eigenvalue weighted by atomic mass is 10.1. The SMILES string of the molecule is COc1ccccc1C(=O)NCC(O)c1cccc(OC(C)C)c1. The summed E-state index contributed by atoms with van der Waals surface area (Å²) < 4.78 is 10.8. The number of aliphatic hydroxyl groups is 1. The zero-order valence-corrected chi connectivity index (χ0v) is 14.2. The van der Waals surface area contributed by atoms with Crippen molar-refractivity contribution in [3.05, 3.63) is 59.7 Å². The number of ether oxygens (including phenoxy) is 2. The molecule has 1 amide bonds. The smallest absolute Gasteiger partial charge is 0.255 e. The molecule has 0 radical (unpaired) electrons. The number of rotatable bonds is 7. The Kier molecular flexibility index (Phi) is 6.21. The van der Waals surface area contributed by atoms with E-state index in [1.807, 2.05) is 26.0 Å². The molecule has 0 saturated carbocycles. The highest BCUT2D eigenvalue weighted by Crippen LogP contribution is 2.21. The summed E-state index contributed by atoms with van der Waals surface area (Å²) in [5.41, 5.74) is 1.12. The van der Waals surface area contributed by atoms with Crippen molar-refractivity contribution >= 4 is 5.91 Å². The first-order valence-electron chi connectivity index (χ1n) is 7.87. The molecule has 1 atom stereocenters. The highest BCUT2D eigenvalue weighted by molar-refractivity contribution is 5.96. The van der Waals surface area contributed by atoms with Crippen LogP contribution in [0.1, 0.15) is 35.9 Å². The number of carbonyl (C=O) groups excluding carboxylic acids is 1. The van der Waals surface area contributed by atoms with E-state index in [0.717, 1.165) is 0 Å². The van der Waals surface area contributed by atoms with Crippen LogP contribution in [0.2, 0.25) is 0 Å². The molecule has 0 fully saturated rings. The topological polar surface area (TPSA) is 67.8 Å². The van der Waals surface area contributed by atoms with Gasteiger partial charge in [-0.3, -0.25) is 4.79 Å². The van der Waals surface area contributed by atoms with Crippen LogP contribution < -0.4 is 14.8 Å². The van der Waals surface area contributed by atoms with Gasteiger partial charge >= 0.3 is 0 Å².